The molecule has 0 aromatic carbocycles. The minimum atomic E-state index is -0.286. The molecule has 8 nitrogen and oxygen atoms in total. The summed E-state index contributed by atoms with van der Waals surface area (Å²) in [5.41, 5.74) is 1.10. The molecule has 5 heterocycles. The Morgan fingerprint density at radius 3 is 2.83 bits per heavy atom. The van der Waals surface area contributed by atoms with E-state index in [2.05, 4.69) is 15.2 Å². The highest BCUT2D eigenvalue weighted by Gasteiger charge is 2.34. The van der Waals surface area contributed by atoms with E-state index in [9.17, 15) is 9.59 Å². The number of hydrazone groups is 1. The third-order valence-corrected chi connectivity index (χ3v) is 6.76. The first-order valence-electron chi connectivity index (χ1n) is 8.96. The van der Waals surface area contributed by atoms with Crippen LogP contribution in [0.3, 0.4) is 0 Å². The Balaban J connectivity index is 1.48. The van der Waals surface area contributed by atoms with Crippen LogP contribution in [0.4, 0.5) is 0 Å². The van der Waals surface area contributed by atoms with Gasteiger partial charge in [-0.2, -0.15) is 10.2 Å². The van der Waals surface area contributed by atoms with Crippen LogP contribution in [0.15, 0.2) is 57.4 Å². The summed E-state index contributed by atoms with van der Waals surface area (Å²) in [6, 6.07) is 7.80. The molecule has 10 heteroatoms. The van der Waals surface area contributed by atoms with Crippen LogP contribution < -0.4 is 5.56 Å². The Morgan fingerprint density at radius 1 is 1.24 bits per heavy atom. The van der Waals surface area contributed by atoms with Crippen LogP contribution in [0.2, 0.25) is 0 Å². The van der Waals surface area contributed by atoms with Gasteiger partial charge in [0.15, 0.2) is 5.65 Å². The van der Waals surface area contributed by atoms with E-state index in [-0.39, 0.29) is 24.1 Å². The zero-order valence-corrected chi connectivity index (χ0v) is 17.1. The standard InChI is InChI=1S/C19H16N6O2S2/c1-23-18-12(9-21-23)19(27)24(11-20-18)10-17(26)25-14(16-5-3-7-29-16)8-13(22-25)15-4-2-6-28-15/h2-7,9,11,14H,8,10H2,1H3. The molecule has 0 bridgehead atoms. The largest absolute Gasteiger partial charge is 0.289 e. The summed E-state index contributed by atoms with van der Waals surface area (Å²) in [6.45, 7) is -0.125. The number of thiophene rings is 2. The molecule has 0 fully saturated rings. The van der Waals surface area contributed by atoms with Crippen molar-refractivity contribution in [2.75, 3.05) is 0 Å². The van der Waals surface area contributed by atoms with E-state index < -0.39 is 0 Å². The predicted octanol–water partition coefficient (Wildman–Crippen LogP) is 2.63. The maximum absolute atomic E-state index is 13.1. The molecule has 5 rings (SSSR count). The van der Waals surface area contributed by atoms with Gasteiger partial charge < -0.3 is 0 Å². The van der Waals surface area contributed by atoms with E-state index in [4.69, 9.17) is 0 Å². The lowest BCUT2D eigenvalue weighted by molar-refractivity contribution is -0.133. The summed E-state index contributed by atoms with van der Waals surface area (Å²) in [7, 11) is 1.72. The fourth-order valence-corrected chi connectivity index (χ4v) is 4.96. The van der Waals surface area contributed by atoms with Crippen LogP contribution in [0.5, 0.6) is 0 Å². The maximum Gasteiger partial charge on any atom is 0.264 e. The monoisotopic (exact) mass is 424 g/mol. The highest BCUT2D eigenvalue weighted by Crippen LogP contribution is 2.36. The van der Waals surface area contributed by atoms with Gasteiger partial charge in [-0.3, -0.25) is 18.8 Å². The van der Waals surface area contributed by atoms with E-state index in [1.54, 1.807) is 29.7 Å². The van der Waals surface area contributed by atoms with Gasteiger partial charge in [0.05, 0.1) is 22.8 Å². The zero-order chi connectivity index (χ0) is 20.0. The molecule has 0 N–H and O–H groups in total. The Kier molecular flexibility index (Phi) is 4.36. The first kappa shape index (κ1) is 18.0. The number of nitrogens with zero attached hydrogens (tertiary/aromatic N) is 6. The second-order valence-corrected chi connectivity index (χ2v) is 8.61. The predicted molar refractivity (Wildman–Crippen MR) is 112 cm³/mol. The molecule has 1 aliphatic heterocycles. The molecule has 4 aromatic rings. The number of hydrogen-bond acceptors (Lipinski definition) is 7. The van der Waals surface area contributed by atoms with Crippen LogP contribution in [-0.2, 0) is 18.4 Å². The normalized spacial score (nSPS) is 16.5. The molecule has 0 radical (unpaired) electrons. The van der Waals surface area contributed by atoms with E-state index in [0.717, 1.165) is 15.5 Å². The van der Waals surface area contributed by atoms with Gasteiger partial charge in [0, 0.05) is 18.3 Å². The zero-order valence-electron chi connectivity index (χ0n) is 15.4. The topological polar surface area (TPSA) is 85.4 Å². The molecule has 0 saturated heterocycles. The third kappa shape index (κ3) is 3.10. The molecule has 4 aromatic heterocycles. The highest BCUT2D eigenvalue weighted by atomic mass is 32.1. The second kappa shape index (κ2) is 7.05. The Hall–Kier alpha value is -3.11. The summed E-state index contributed by atoms with van der Waals surface area (Å²) >= 11 is 3.20. The van der Waals surface area contributed by atoms with Gasteiger partial charge in [0.2, 0.25) is 0 Å². The lowest BCUT2D eigenvalue weighted by atomic mass is 10.1. The van der Waals surface area contributed by atoms with Crippen molar-refractivity contribution in [3.63, 3.8) is 0 Å². The van der Waals surface area contributed by atoms with Crippen molar-refractivity contribution < 1.29 is 4.79 Å². The van der Waals surface area contributed by atoms with Crippen LogP contribution >= 0.6 is 22.7 Å². The second-order valence-electron chi connectivity index (χ2n) is 6.68. The lowest BCUT2D eigenvalue weighted by Crippen LogP contribution is -2.33. The molecule has 1 atom stereocenters. The van der Waals surface area contributed by atoms with Gasteiger partial charge in [0.25, 0.3) is 11.5 Å². The van der Waals surface area contributed by atoms with E-state index >= 15 is 0 Å². The van der Waals surface area contributed by atoms with Gasteiger partial charge >= 0.3 is 0 Å². The molecule has 1 aliphatic rings. The fraction of sp³-hybridized carbons (Fsp3) is 0.211. The van der Waals surface area contributed by atoms with E-state index in [1.807, 2.05) is 35.0 Å². The number of rotatable bonds is 4. The van der Waals surface area contributed by atoms with Crippen molar-refractivity contribution in [2.45, 2.75) is 19.0 Å². The molecular weight excluding hydrogens is 408 g/mol. The quantitative estimate of drug-likeness (QED) is 0.504. The maximum atomic E-state index is 13.1. The van der Waals surface area contributed by atoms with Gasteiger partial charge in [0.1, 0.15) is 18.3 Å². The third-order valence-electron chi connectivity index (χ3n) is 4.87. The first-order chi connectivity index (χ1) is 14.1. The minimum absolute atomic E-state index is 0.125. The number of fused-ring (bicyclic) bond motifs is 1. The molecule has 29 heavy (non-hydrogen) atoms. The van der Waals surface area contributed by atoms with Crippen LogP contribution in [0.1, 0.15) is 22.2 Å². The Labute approximate surface area is 173 Å². The van der Waals surface area contributed by atoms with Crippen molar-refractivity contribution in [3.8, 4) is 0 Å². The summed E-state index contributed by atoms with van der Waals surface area (Å²) in [6.07, 6.45) is 3.52. The van der Waals surface area contributed by atoms with E-state index in [1.165, 1.54) is 26.8 Å². The summed E-state index contributed by atoms with van der Waals surface area (Å²) in [5, 5.41) is 14.6. The molecule has 0 saturated carbocycles. The van der Waals surface area contributed by atoms with Crippen LogP contribution in [0, 0.1) is 0 Å². The van der Waals surface area contributed by atoms with Crippen molar-refractivity contribution in [2.24, 2.45) is 12.1 Å². The molecule has 146 valence electrons. The Morgan fingerprint density at radius 2 is 2.07 bits per heavy atom. The SMILES string of the molecule is Cn1ncc2c(=O)n(CC(=O)N3N=C(c4cccs4)CC3c3cccs3)cnc21. The average Bonchev–Trinajstić information content (AvgIpc) is 3.50. The van der Waals surface area contributed by atoms with Gasteiger partial charge in [-0.1, -0.05) is 12.1 Å². The molecule has 1 amide bonds. The molecular formula is C19H16N6O2S2. The van der Waals surface area contributed by atoms with Gasteiger partial charge in [-0.05, 0) is 22.9 Å². The van der Waals surface area contributed by atoms with Crippen LogP contribution in [-0.4, -0.2) is 36.0 Å². The number of carbonyl (C=O) groups is 1. The van der Waals surface area contributed by atoms with Gasteiger partial charge in [-0.25, -0.2) is 9.99 Å². The van der Waals surface area contributed by atoms with Crippen molar-refractivity contribution >= 4 is 45.3 Å². The van der Waals surface area contributed by atoms with Crippen LogP contribution in [0.25, 0.3) is 11.0 Å². The molecule has 1 unspecified atom stereocenters. The van der Waals surface area contributed by atoms with E-state index in [0.29, 0.717) is 17.5 Å². The smallest absolute Gasteiger partial charge is 0.264 e. The number of aromatic nitrogens is 4. The number of aryl methyl sites for hydroxylation is 1. The first-order valence-corrected chi connectivity index (χ1v) is 10.7. The van der Waals surface area contributed by atoms with Crippen molar-refractivity contribution in [1.29, 1.82) is 0 Å². The fourth-order valence-electron chi connectivity index (χ4n) is 3.43. The van der Waals surface area contributed by atoms with Crippen molar-refractivity contribution in [3.05, 3.63) is 67.7 Å². The summed E-state index contributed by atoms with van der Waals surface area (Å²) < 4.78 is 2.85. The molecule has 0 spiro atoms. The van der Waals surface area contributed by atoms with Gasteiger partial charge in [-0.15, -0.1) is 22.7 Å². The summed E-state index contributed by atoms with van der Waals surface area (Å²) in [5.74, 6) is -0.248. The number of hydrogen-bond donors (Lipinski definition) is 0. The number of carbonyl (C=O) groups excluding carboxylic acids is 1. The average molecular weight is 425 g/mol. The highest BCUT2D eigenvalue weighted by molar-refractivity contribution is 7.12. The summed E-state index contributed by atoms with van der Waals surface area (Å²) in [4.78, 5) is 32.3. The van der Waals surface area contributed by atoms with Crippen molar-refractivity contribution in [1.82, 2.24) is 24.3 Å². The lowest BCUT2D eigenvalue weighted by Gasteiger charge is -2.21. The minimum Gasteiger partial charge on any atom is -0.289 e. The number of amides is 1. The Bertz CT molecular complexity index is 1270. The molecule has 0 aliphatic carbocycles.